The highest BCUT2D eigenvalue weighted by atomic mass is 35.5. The molecule has 0 atom stereocenters. The maximum absolute atomic E-state index is 5.90. The molecule has 23 heavy (non-hydrogen) atoms. The number of halogens is 1. The van der Waals surface area contributed by atoms with Crippen LogP contribution >= 0.6 is 11.6 Å². The van der Waals surface area contributed by atoms with Gasteiger partial charge in [0.25, 0.3) is 0 Å². The van der Waals surface area contributed by atoms with Gasteiger partial charge in [-0.2, -0.15) is 4.98 Å². The number of rotatable bonds is 5. The van der Waals surface area contributed by atoms with Gasteiger partial charge in [-0.15, -0.1) is 0 Å². The Labute approximate surface area is 142 Å². The van der Waals surface area contributed by atoms with E-state index in [2.05, 4.69) is 39.2 Å². The lowest BCUT2D eigenvalue weighted by Gasteiger charge is -2.31. The molecule has 4 nitrogen and oxygen atoms in total. The molecular weight excluding hydrogens is 308 g/mol. The average molecular weight is 331 g/mol. The van der Waals surface area contributed by atoms with Crippen LogP contribution in [0.25, 0.3) is 0 Å². The first-order valence-electron chi connectivity index (χ1n) is 8.27. The predicted octanol–water partition coefficient (Wildman–Crippen LogP) is 4.02. The smallest absolute Gasteiger partial charge is 0.224 e. The highest BCUT2D eigenvalue weighted by molar-refractivity contribution is 6.30. The molecule has 122 valence electrons. The summed E-state index contributed by atoms with van der Waals surface area (Å²) in [5.41, 5.74) is 1.25. The van der Waals surface area contributed by atoms with Crippen molar-refractivity contribution in [2.24, 2.45) is 5.92 Å². The molecule has 0 saturated carbocycles. The van der Waals surface area contributed by atoms with Crippen LogP contribution in [0.15, 0.2) is 36.5 Å². The van der Waals surface area contributed by atoms with Gasteiger partial charge in [-0.1, -0.05) is 30.7 Å². The molecule has 0 spiro atoms. The Morgan fingerprint density at radius 2 is 1.91 bits per heavy atom. The first-order chi connectivity index (χ1) is 11.2. The fraction of sp³-hybridized carbons (Fsp3) is 0.444. The van der Waals surface area contributed by atoms with E-state index in [1.165, 1.54) is 18.4 Å². The second-order valence-corrected chi connectivity index (χ2v) is 6.65. The number of hydrogen-bond donors (Lipinski definition) is 1. The quantitative estimate of drug-likeness (QED) is 0.899. The topological polar surface area (TPSA) is 41.1 Å². The third kappa shape index (κ3) is 4.58. The van der Waals surface area contributed by atoms with E-state index in [0.29, 0.717) is 5.95 Å². The van der Waals surface area contributed by atoms with E-state index in [1.807, 2.05) is 24.4 Å². The monoisotopic (exact) mass is 330 g/mol. The molecule has 2 heterocycles. The van der Waals surface area contributed by atoms with Crippen LogP contribution in [0.3, 0.4) is 0 Å². The zero-order chi connectivity index (χ0) is 16.1. The molecule has 1 saturated heterocycles. The third-order valence-electron chi connectivity index (χ3n) is 4.36. The molecule has 2 aromatic rings. The Kier molecular flexibility index (Phi) is 5.34. The summed E-state index contributed by atoms with van der Waals surface area (Å²) in [6.45, 7) is 5.30. The van der Waals surface area contributed by atoms with Gasteiger partial charge in [0.05, 0.1) is 0 Å². The summed E-state index contributed by atoms with van der Waals surface area (Å²) in [6.07, 6.45) is 5.24. The summed E-state index contributed by atoms with van der Waals surface area (Å²) in [5.74, 6) is 2.56. The summed E-state index contributed by atoms with van der Waals surface area (Å²) < 4.78 is 0. The van der Waals surface area contributed by atoms with Crippen LogP contribution in [-0.2, 0) is 6.42 Å². The van der Waals surface area contributed by atoms with E-state index < -0.39 is 0 Å². The molecule has 1 fully saturated rings. The molecule has 0 amide bonds. The van der Waals surface area contributed by atoms with Crippen molar-refractivity contribution in [2.75, 3.05) is 29.9 Å². The molecule has 5 heteroatoms. The van der Waals surface area contributed by atoms with E-state index in [1.54, 1.807) is 0 Å². The van der Waals surface area contributed by atoms with Crippen molar-refractivity contribution in [1.29, 1.82) is 0 Å². The molecule has 0 radical (unpaired) electrons. The van der Waals surface area contributed by atoms with Crippen LogP contribution < -0.4 is 10.2 Å². The van der Waals surface area contributed by atoms with Crippen LogP contribution in [0.4, 0.5) is 11.8 Å². The molecule has 0 aliphatic carbocycles. The summed E-state index contributed by atoms with van der Waals surface area (Å²) in [5, 5.41) is 4.09. The fourth-order valence-corrected chi connectivity index (χ4v) is 2.94. The standard InChI is InChI=1S/C18H23ClN4/c1-14-8-12-23(13-9-14)17-7-11-21-18(22-17)20-10-6-15-2-4-16(19)5-3-15/h2-5,7,11,14H,6,8-10,12-13H2,1H3,(H,20,21,22). The number of piperidine rings is 1. The van der Waals surface area contributed by atoms with Crippen molar-refractivity contribution < 1.29 is 0 Å². The van der Waals surface area contributed by atoms with Crippen LogP contribution in [-0.4, -0.2) is 29.6 Å². The Balaban J connectivity index is 1.54. The van der Waals surface area contributed by atoms with E-state index in [4.69, 9.17) is 11.6 Å². The first kappa shape index (κ1) is 16.1. The molecule has 1 aliphatic heterocycles. The third-order valence-corrected chi connectivity index (χ3v) is 4.61. The molecule has 1 aliphatic rings. The van der Waals surface area contributed by atoms with Gasteiger partial charge in [-0.05, 0) is 48.9 Å². The molecular formula is C18H23ClN4. The van der Waals surface area contributed by atoms with Gasteiger partial charge in [0.1, 0.15) is 5.82 Å². The lowest BCUT2D eigenvalue weighted by atomic mass is 9.99. The van der Waals surface area contributed by atoms with Crippen LogP contribution in [0.2, 0.25) is 5.02 Å². The van der Waals surface area contributed by atoms with Gasteiger partial charge in [0.15, 0.2) is 0 Å². The zero-order valence-corrected chi connectivity index (χ0v) is 14.3. The number of benzene rings is 1. The predicted molar refractivity (Wildman–Crippen MR) is 96.3 cm³/mol. The number of nitrogens with zero attached hydrogens (tertiary/aromatic N) is 3. The minimum absolute atomic E-state index is 0.704. The Hall–Kier alpha value is -1.81. The van der Waals surface area contributed by atoms with Gasteiger partial charge in [-0.3, -0.25) is 0 Å². The molecule has 1 aromatic carbocycles. The SMILES string of the molecule is CC1CCN(c2ccnc(NCCc3ccc(Cl)cc3)n2)CC1. The van der Waals surface area contributed by atoms with Gasteiger partial charge in [-0.25, -0.2) is 4.98 Å². The van der Waals surface area contributed by atoms with Gasteiger partial charge >= 0.3 is 0 Å². The highest BCUT2D eigenvalue weighted by Gasteiger charge is 2.17. The van der Waals surface area contributed by atoms with E-state index in [9.17, 15) is 0 Å². The maximum Gasteiger partial charge on any atom is 0.224 e. The Morgan fingerprint density at radius 1 is 1.17 bits per heavy atom. The molecule has 3 rings (SSSR count). The van der Waals surface area contributed by atoms with E-state index in [-0.39, 0.29) is 0 Å². The Morgan fingerprint density at radius 3 is 2.65 bits per heavy atom. The van der Waals surface area contributed by atoms with Gasteiger partial charge in [0, 0.05) is 30.9 Å². The number of nitrogens with one attached hydrogen (secondary N) is 1. The Bertz CT molecular complexity index is 621. The van der Waals surface area contributed by atoms with Crippen molar-refractivity contribution in [3.63, 3.8) is 0 Å². The minimum Gasteiger partial charge on any atom is -0.356 e. The highest BCUT2D eigenvalue weighted by Crippen LogP contribution is 2.21. The second-order valence-electron chi connectivity index (χ2n) is 6.21. The van der Waals surface area contributed by atoms with Crippen LogP contribution in [0.1, 0.15) is 25.3 Å². The minimum atomic E-state index is 0.704. The summed E-state index contributed by atoms with van der Waals surface area (Å²) in [7, 11) is 0. The van der Waals surface area contributed by atoms with Crippen molar-refractivity contribution in [2.45, 2.75) is 26.2 Å². The normalized spacial score (nSPS) is 15.7. The summed E-state index contributed by atoms with van der Waals surface area (Å²) in [6, 6.07) is 9.95. The zero-order valence-electron chi connectivity index (χ0n) is 13.5. The van der Waals surface area contributed by atoms with Crippen molar-refractivity contribution >= 4 is 23.4 Å². The van der Waals surface area contributed by atoms with Crippen molar-refractivity contribution in [3.8, 4) is 0 Å². The largest absolute Gasteiger partial charge is 0.356 e. The lowest BCUT2D eigenvalue weighted by molar-refractivity contribution is 0.436. The summed E-state index contributed by atoms with van der Waals surface area (Å²) in [4.78, 5) is 11.3. The molecule has 0 unspecified atom stereocenters. The van der Waals surface area contributed by atoms with Gasteiger partial charge in [0.2, 0.25) is 5.95 Å². The number of aromatic nitrogens is 2. The van der Waals surface area contributed by atoms with E-state index in [0.717, 1.165) is 42.8 Å². The molecule has 0 bridgehead atoms. The fourth-order valence-electron chi connectivity index (χ4n) is 2.82. The van der Waals surface area contributed by atoms with Gasteiger partial charge < -0.3 is 10.2 Å². The molecule has 1 aromatic heterocycles. The number of hydrogen-bond acceptors (Lipinski definition) is 4. The first-order valence-corrected chi connectivity index (χ1v) is 8.65. The maximum atomic E-state index is 5.90. The summed E-state index contributed by atoms with van der Waals surface area (Å²) >= 11 is 5.90. The molecule has 1 N–H and O–H groups in total. The van der Waals surface area contributed by atoms with Crippen LogP contribution in [0, 0.1) is 5.92 Å². The van der Waals surface area contributed by atoms with Crippen LogP contribution in [0.5, 0.6) is 0 Å². The number of anilines is 2. The van der Waals surface area contributed by atoms with Crippen molar-refractivity contribution in [3.05, 3.63) is 47.1 Å². The average Bonchev–Trinajstić information content (AvgIpc) is 2.58. The second kappa shape index (κ2) is 7.64. The lowest BCUT2D eigenvalue weighted by Crippen LogP contribution is -2.33. The van der Waals surface area contributed by atoms with E-state index >= 15 is 0 Å². The van der Waals surface area contributed by atoms with Crippen molar-refractivity contribution in [1.82, 2.24) is 9.97 Å².